The molecular formula is C15H12ClF2N. The van der Waals surface area contributed by atoms with Crippen LogP contribution in [-0.2, 0) is 19.6 Å². The Morgan fingerprint density at radius 1 is 1.00 bits per heavy atom. The van der Waals surface area contributed by atoms with E-state index in [-0.39, 0.29) is 11.6 Å². The van der Waals surface area contributed by atoms with Crippen molar-refractivity contribution in [1.82, 2.24) is 4.90 Å². The molecule has 4 heteroatoms. The molecule has 1 nitrogen and oxygen atoms in total. The number of hydrogen-bond donors (Lipinski definition) is 0. The summed E-state index contributed by atoms with van der Waals surface area (Å²) in [6, 6.07) is 9.31. The molecule has 0 aliphatic carbocycles. The molecule has 0 fully saturated rings. The molecule has 19 heavy (non-hydrogen) atoms. The van der Waals surface area contributed by atoms with Crippen LogP contribution in [0.4, 0.5) is 8.78 Å². The first-order chi connectivity index (χ1) is 9.11. The Bertz CT molecular complexity index is 610. The fourth-order valence-electron chi connectivity index (χ4n) is 2.46. The molecule has 0 unspecified atom stereocenters. The van der Waals surface area contributed by atoms with E-state index in [1.165, 1.54) is 24.3 Å². The maximum absolute atomic E-state index is 13.3. The van der Waals surface area contributed by atoms with Crippen molar-refractivity contribution in [3.05, 3.63) is 69.7 Å². The van der Waals surface area contributed by atoms with E-state index in [0.29, 0.717) is 24.7 Å². The van der Waals surface area contributed by atoms with Crippen LogP contribution in [0.2, 0.25) is 5.02 Å². The topological polar surface area (TPSA) is 3.24 Å². The van der Waals surface area contributed by atoms with Gasteiger partial charge in [-0.1, -0.05) is 23.7 Å². The van der Waals surface area contributed by atoms with Crippen molar-refractivity contribution in [2.75, 3.05) is 0 Å². The monoisotopic (exact) mass is 279 g/mol. The number of halogens is 3. The van der Waals surface area contributed by atoms with E-state index in [0.717, 1.165) is 16.7 Å². The maximum atomic E-state index is 13.3. The normalized spacial score (nSPS) is 14.7. The molecule has 0 N–H and O–H groups in total. The second kappa shape index (κ2) is 4.91. The van der Waals surface area contributed by atoms with E-state index < -0.39 is 0 Å². The van der Waals surface area contributed by atoms with E-state index in [9.17, 15) is 8.78 Å². The zero-order valence-corrected chi connectivity index (χ0v) is 10.9. The zero-order valence-electron chi connectivity index (χ0n) is 10.2. The Hall–Kier alpha value is -1.45. The minimum absolute atomic E-state index is 0.237. The molecule has 0 saturated heterocycles. The Labute approximate surface area is 115 Å². The summed E-state index contributed by atoms with van der Waals surface area (Å²) >= 11 is 6.05. The van der Waals surface area contributed by atoms with Crippen LogP contribution in [0.1, 0.15) is 16.7 Å². The summed E-state index contributed by atoms with van der Waals surface area (Å²) in [6.45, 7) is 2.07. The lowest BCUT2D eigenvalue weighted by Gasteiger charge is -2.14. The van der Waals surface area contributed by atoms with Crippen LogP contribution in [-0.4, -0.2) is 4.90 Å². The van der Waals surface area contributed by atoms with E-state index in [4.69, 9.17) is 11.6 Å². The lowest BCUT2D eigenvalue weighted by molar-refractivity contribution is 0.275. The average Bonchev–Trinajstić information content (AvgIpc) is 2.75. The smallest absolute Gasteiger partial charge is 0.125 e. The predicted molar refractivity (Wildman–Crippen MR) is 70.8 cm³/mol. The lowest BCUT2D eigenvalue weighted by Crippen LogP contribution is -2.15. The summed E-state index contributed by atoms with van der Waals surface area (Å²) in [7, 11) is 0. The van der Waals surface area contributed by atoms with E-state index in [1.54, 1.807) is 12.1 Å². The number of rotatable bonds is 2. The number of nitrogens with zero attached hydrogens (tertiary/aromatic N) is 1. The van der Waals surface area contributed by atoms with Crippen molar-refractivity contribution < 1.29 is 8.78 Å². The van der Waals surface area contributed by atoms with Gasteiger partial charge in [-0.05, 0) is 41.0 Å². The third-order valence-electron chi connectivity index (χ3n) is 3.35. The predicted octanol–water partition coefficient (Wildman–Crippen LogP) is 4.13. The van der Waals surface area contributed by atoms with Crippen LogP contribution in [0, 0.1) is 11.6 Å². The van der Waals surface area contributed by atoms with Gasteiger partial charge >= 0.3 is 0 Å². The number of hydrogen-bond acceptors (Lipinski definition) is 1. The highest BCUT2D eigenvalue weighted by molar-refractivity contribution is 6.31. The Kier molecular flexibility index (Phi) is 3.25. The van der Waals surface area contributed by atoms with Crippen LogP contribution in [0.15, 0.2) is 36.4 Å². The van der Waals surface area contributed by atoms with Crippen LogP contribution in [0.25, 0.3) is 0 Å². The molecule has 0 saturated carbocycles. The van der Waals surface area contributed by atoms with Crippen LogP contribution in [0.3, 0.4) is 0 Å². The summed E-state index contributed by atoms with van der Waals surface area (Å²) in [5.74, 6) is -0.536. The second-order valence-corrected chi connectivity index (χ2v) is 5.20. The van der Waals surface area contributed by atoms with Crippen LogP contribution >= 0.6 is 11.6 Å². The molecule has 2 aromatic rings. The first-order valence-corrected chi connectivity index (χ1v) is 6.43. The SMILES string of the molecule is Fc1ccc(CN2Cc3cc(F)cc(Cl)c3C2)cc1. The number of fused-ring (bicyclic) bond motifs is 1. The van der Waals surface area contributed by atoms with Gasteiger partial charge in [0, 0.05) is 24.7 Å². The second-order valence-electron chi connectivity index (χ2n) is 4.80. The molecule has 1 aliphatic rings. The van der Waals surface area contributed by atoms with Gasteiger partial charge in [-0.15, -0.1) is 0 Å². The molecule has 3 rings (SSSR count). The van der Waals surface area contributed by atoms with Gasteiger partial charge in [-0.3, -0.25) is 4.90 Å². The standard InChI is InChI=1S/C15H12ClF2N/c16-15-6-13(18)5-11-8-19(9-14(11)15)7-10-1-3-12(17)4-2-10/h1-6H,7-9H2. The fraction of sp³-hybridized carbons (Fsp3) is 0.200. The maximum Gasteiger partial charge on any atom is 0.125 e. The lowest BCUT2D eigenvalue weighted by atomic mass is 10.1. The quantitative estimate of drug-likeness (QED) is 0.799. The van der Waals surface area contributed by atoms with Gasteiger partial charge in [-0.25, -0.2) is 8.78 Å². The molecule has 0 aromatic heterocycles. The highest BCUT2D eigenvalue weighted by Crippen LogP contribution is 2.31. The van der Waals surface area contributed by atoms with Crippen molar-refractivity contribution >= 4 is 11.6 Å². The highest BCUT2D eigenvalue weighted by atomic mass is 35.5. The Morgan fingerprint density at radius 3 is 2.47 bits per heavy atom. The largest absolute Gasteiger partial charge is 0.291 e. The molecule has 0 spiro atoms. The van der Waals surface area contributed by atoms with Crippen molar-refractivity contribution in [3.63, 3.8) is 0 Å². The van der Waals surface area contributed by atoms with Gasteiger partial charge in [0.15, 0.2) is 0 Å². The highest BCUT2D eigenvalue weighted by Gasteiger charge is 2.22. The third-order valence-corrected chi connectivity index (χ3v) is 3.68. The number of benzene rings is 2. The summed E-state index contributed by atoms with van der Waals surface area (Å²) in [6.07, 6.45) is 0. The zero-order chi connectivity index (χ0) is 13.4. The van der Waals surface area contributed by atoms with E-state index in [1.807, 2.05) is 0 Å². The molecule has 0 radical (unpaired) electrons. The molecule has 1 aliphatic heterocycles. The first-order valence-electron chi connectivity index (χ1n) is 6.05. The van der Waals surface area contributed by atoms with Crippen molar-refractivity contribution in [2.45, 2.75) is 19.6 Å². The van der Waals surface area contributed by atoms with Crippen molar-refractivity contribution in [3.8, 4) is 0 Å². The van der Waals surface area contributed by atoms with Gasteiger partial charge in [0.2, 0.25) is 0 Å². The van der Waals surface area contributed by atoms with Gasteiger partial charge < -0.3 is 0 Å². The van der Waals surface area contributed by atoms with Gasteiger partial charge in [0.1, 0.15) is 11.6 Å². The minimum atomic E-state index is -0.299. The van der Waals surface area contributed by atoms with E-state index >= 15 is 0 Å². The first kappa shape index (κ1) is 12.6. The molecule has 0 bridgehead atoms. The molecule has 0 amide bonds. The van der Waals surface area contributed by atoms with Gasteiger partial charge in [0.25, 0.3) is 0 Å². The fourth-order valence-corrected chi connectivity index (χ4v) is 2.74. The summed E-state index contributed by atoms with van der Waals surface area (Å²) < 4.78 is 26.1. The van der Waals surface area contributed by atoms with Gasteiger partial charge in [0.05, 0.1) is 0 Å². The van der Waals surface area contributed by atoms with Crippen molar-refractivity contribution in [2.24, 2.45) is 0 Å². The summed E-state index contributed by atoms with van der Waals surface area (Å²) in [5, 5.41) is 0.483. The molecule has 1 heterocycles. The molecular weight excluding hydrogens is 268 g/mol. The molecule has 98 valence electrons. The van der Waals surface area contributed by atoms with Crippen LogP contribution < -0.4 is 0 Å². The minimum Gasteiger partial charge on any atom is -0.291 e. The Balaban J connectivity index is 1.77. The van der Waals surface area contributed by atoms with E-state index in [2.05, 4.69) is 4.90 Å². The third kappa shape index (κ3) is 2.62. The van der Waals surface area contributed by atoms with Crippen molar-refractivity contribution in [1.29, 1.82) is 0 Å². The molecule has 0 atom stereocenters. The summed E-state index contributed by atoms with van der Waals surface area (Å²) in [5.41, 5.74) is 2.96. The average molecular weight is 280 g/mol. The molecule has 2 aromatic carbocycles. The Morgan fingerprint density at radius 2 is 1.74 bits per heavy atom. The van der Waals surface area contributed by atoms with Crippen LogP contribution in [0.5, 0.6) is 0 Å². The summed E-state index contributed by atoms with van der Waals surface area (Å²) in [4.78, 5) is 2.16. The van der Waals surface area contributed by atoms with Gasteiger partial charge in [-0.2, -0.15) is 0 Å².